The van der Waals surface area contributed by atoms with Gasteiger partial charge in [-0.25, -0.2) is 13.8 Å². The van der Waals surface area contributed by atoms with E-state index >= 15 is 0 Å². The van der Waals surface area contributed by atoms with Crippen molar-refractivity contribution in [3.63, 3.8) is 0 Å². The van der Waals surface area contributed by atoms with Crippen LogP contribution in [-0.2, 0) is 12.8 Å². The Bertz CT molecular complexity index is 1760. The molecule has 5 rings (SSSR count). The average molecular weight is 641 g/mol. The van der Waals surface area contributed by atoms with Crippen molar-refractivity contribution in [2.75, 3.05) is 15.1 Å². The maximum absolute atomic E-state index is 14.0. The number of halogens is 5. The Labute approximate surface area is 259 Å². The Kier molecular flexibility index (Phi) is 8.36. The van der Waals surface area contributed by atoms with Crippen LogP contribution in [0.4, 0.5) is 39.0 Å². The zero-order chi connectivity index (χ0) is 31.8. The van der Waals surface area contributed by atoms with Crippen LogP contribution in [0, 0.1) is 22.7 Å². The summed E-state index contributed by atoms with van der Waals surface area (Å²) in [6.07, 6.45) is -5.97. The Balaban J connectivity index is 1.64. The molecular weight excluding hydrogens is 619 g/mol. The van der Waals surface area contributed by atoms with Crippen molar-refractivity contribution in [3.05, 3.63) is 88.5 Å². The van der Waals surface area contributed by atoms with E-state index in [-0.39, 0.29) is 39.6 Å². The number of benzene rings is 3. The van der Waals surface area contributed by atoms with Gasteiger partial charge < -0.3 is 15.3 Å². The monoisotopic (exact) mass is 640 g/mol. The van der Waals surface area contributed by atoms with Gasteiger partial charge in [0.15, 0.2) is 10.2 Å². The predicted octanol–water partition coefficient (Wildman–Crippen LogP) is 7.21. The summed E-state index contributed by atoms with van der Waals surface area (Å²) >= 11 is 11.3. The smallest absolute Gasteiger partial charge is 0.392 e. The third-order valence-corrected chi connectivity index (χ3v) is 8.11. The van der Waals surface area contributed by atoms with Gasteiger partial charge in [-0.15, -0.1) is 0 Å². The minimum atomic E-state index is -4.83. The van der Waals surface area contributed by atoms with Crippen LogP contribution in [0.5, 0.6) is 0 Å². The van der Waals surface area contributed by atoms with Gasteiger partial charge in [0.2, 0.25) is 0 Å². The van der Waals surface area contributed by atoms with Crippen molar-refractivity contribution in [2.45, 2.75) is 44.0 Å². The van der Waals surface area contributed by atoms with Gasteiger partial charge in [0, 0.05) is 16.9 Å². The summed E-state index contributed by atoms with van der Waals surface area (Å²) in [5.74, 6) is 0.220. The molecule has 2 fully saturated rings. The fourth-order valence-corrected chi connectivity index (χ4v) is 5.99. The third-order valence-electron chi connectivity index (χ3n) is 7.55. The number of nitrogens with one attached hydrogen (secondary N) is 1. The van der Waals surface area contributed by atoms with E-state index < -0.39 is 34.8 Å². The molecule has 3 aromatic carbocycles. The third kappa shape index (κ3) is 5.48. The Hall–Kier alpha value is -4.50. The van der Waals surface area contributed by atoms with E-state index in [1.807, 2.05) is 0 Å². The molecule has 0 bridgehead atoms. The summed E-state index contributed by atoms with van der Waals surface area (Å²) in [5.41, 5.74) is -1.92. The SMILES string of the molecule is N#Cc1ccc(NC(=S)N=C2N(c3ccc(C#N)c(C(F)(F)F)c3)C(=S)N(c3ccc(CO)cc3)C23CCC3)cc1C(F)F. The first kappa shape index (κ1) is 30.9. The first-order chi connectivity index (χ1) is 20.9. The molecule has 2 N–H and O–H groups in total. The lowest BCUT2D eigenvalue weighted by molar-refractivity contribution is -0.137. The summed E-state index contributed by atoms with van der Waals surface area (Å²) in [6, 6.07) is 17.1. The molecule has 14 heteroatoms. The minimum Gasteiger partial charge on any atom is -0.392 e. The van der Waals surface area contributed by atoms with Gasteiger partial charge in [-0.3, -0.25) is 4.90 Å². The molecule has 44 heavy (non-hydrogen) atoms. The summed E-state index contributed by atoms with van der Waals surface area (Å²) in [5, 5.41) is 30.7. The molecular formula is C30H21F5N6OS2. The predicted molar refractivity (Wildman–Crippen MR) is 162 cm³/mol. The molecule has 0 unspecified atom stereocenters. The molecule has 0 aromatic heterocycles. The van der Waals surface area contributed by atoms with Crippen LogP contribution in [0.2, 0.25) is 0 Å². The molecule has 3 aromatic rings. The minimum absolute atomic E-state index is 0.00184. The number of alkyl halides is 5. The second-order valence-electron chi connectivity index (χ2n) is 10.1. The number of nitrogens with zero attached hydrogens (tertiary/aromatic N) is 5. The van der Waals surface area contributed by atoms with Gasteiger partial charge in [0.05, 0.1) is 41.1 Å². The number of aliphatic hydroxyl groups is 1. The number of hydrogen-bond acceptors (Lipinski definition) is 5. The number of thiocarbonyl (C=S) groups is 2. The molecule has 7 nitrogen and oxygen atoms in total. The van der Waals surface area contributed by atoms with Crippen molar-refractivity contribution >= 4 is 57.6 Å². The summed E-state index contributed by atoms with van der Waals surface area (Å²) < 4.78 is 69.0. The number of aliphatic hydroxyl groups excluding tert-OH is 1. The van der Waals surface area contributed by atoms with Gasteiger partial charge in [-0.2, -0.15) is 23.7 Å². The van der Waals surface area contributed by atoms with Crippen LogP contribution in [0.15, 0.2) is 65.7 Å². The van der Waals surface area contributed by atoms with Crippen molar-refractivity contribution < 1.29 is 27.1 Å². The molecule has 1 spiro atoms. The molecule has 224 valence electrons. The first-order valence-electron chi connectivity index (χ1n) is 13.1. The number of hydrogen-bond donors (Lipinski definition) is 2. The summed E-state index contributed by atoms with van der Waals surface area (Å²) in [7, 11) is 0. The number of nitriles is 2. The molecule has 1 aliphatic carbocycles. The highest BCUT2D eigenvalue weighted by Gasteiger charge is 2.58. The highest BCUT2D eigenvalue weighted by atomic mass is 32.1. The van der Waals surface area contributed by atoms with Crippen LogP contribution in [-0.4, -0.2) is 26.7 Å². The van der Waals surface area contributed by atoms with Crippen molar-refractivity contribution in [2.24, 2.45) is 4.99 Å². The average Bonchev–Trinajstić information content (AvgIpc) is 3.24. The molecule has 1 heterocycles. The van der Waals surface area contributed by atoms with E-state index in [1.165, 1.54) is 23.1 Å². The van der Waals surface area contributed by atoms with Gasteiger partial charge >= 0.3 is 6.18 Å². The molecule has 1 saturated heterocycles. The van der Waals surface area contributed by atoms with Crippen molar-refractivity contribution in [1.82, 2.24) is 0 Å². The number of amidine groups is 1. The maximum Gasteiger partial charge on any atom is 0.417 e. The molecule has 0 atom stereocenters. The van der Waals surface area contributed by atoms with E-state index in [1.54, 1.807) is 41.3 Å². The molecule has 0 amide bonds. The molecule has 0 radical (unpaired) electrons. The molecule has 1 saturated carbocycles. The Morgan fingerprint density at radius 3 is 2.18 bits per heavy atom. The van der Waals surface area contributed by atoms with Gasteiger partial charge in [0.1, 0.15) is 11.4 Å². The number of aliphatic imine (C=N–C) groups is 1. The van der Waals surface area contributed by atoms with Crippen LogP contribution in [0.3, 0.4) is 0 Å². The largest absolute Gasteiger partial charge is 0.417 e. The van der Waals surface area contributed by atoms with Crippen LogP contribution in [0.1, 0.15) is 53.5 Å². The van der Waals surface area contributed by atoms with Crippen LogP contribution < -0.4 is 15.1 Å². The van der Waals surface area contributed by atoms with Crippen molar-refractivity contribution in [3.8, 4) is 12.1 Å². The zero-order valence-electron chi connectivity index (χ0n) is 22.6. The molecule has 2 aliphatic rings. The molecule has 1 aliphatic heterocycles. The number of rotatable bonds is 5. The Morgan fingerprint density at radius 2 is 1.64 bits per heavy atom. The number of anilines is 3. The van der Waals surface area contributed by atoms with Crippen LogP contribution >= 0.6 is 24.4 Å². The zero-order valence-corrected chi connectivity index (χ0v) is 24.2. The van der Waals surface area contributed by atoms with E-state index in [4.69, 9.17) is 29.7 Å². The lowest BCUT2D eigenvalue weighted by atomic mass is 9.74. The van der Waals surface area contributed by atoms with Crippen LogP contribution in [0.25, 0.3) is 0 Å². The quantitative estimate of drug-likeness (QED) is 0.223. The van der Waals surface area contributed by atoms with Gasteiger partial charge in [-0.1, -0.05) is 12.1 Å². The standard InChI is InChI=1S/C30H21F5N6OS2/c31-25(32)23-12-20(6-4-18(23)14-36)38-27(43)39-26-29(10-1-11-29)41(21-7-2-17(16-42)3-8-21)28(44)40(26)22-9-5-19(15-37)24(13-22)30(33,34)35/h2-9,12-13,25,42H,1,10-11,16H2,(H,38,43). The second kappa shape index (κ2) is 11.9. The van der Waals surface area contributed by atoms with E-state index in [0.717, 1.165) is 24.6 Å². The normalized spacial score (nSPS) is 16.7. The summed E-state index contributed by atoms with van der Waals surface area (Å²) in [6.45, 7) is -0.192. The highest BCUT2D eigenvalue weighted by Crippen LogP contribution is 2.49. The lowest BCUT2D eigenvalue weighted by Gasteiger charge is -2.44. The first-order valence-corrected chi connectivity index (χ1v) is 13.9. The maximum atomic E-state index is 14.0. The van der Waals surface area contributed by atoms with E-state index in [9.17, 15) is 32.3 Å². The second-order valence-corrected chi connectivity index (χ2v) is 10.8. The van der Waals surface area contributed by atoms with E-state index in [0.29, 0.717) is 24.1 Å². The van der Waals surface area contributed by atoms with Crippen molar-refractivity contribution in [1.29, 1.82) is 10.5 Å². The fraction of sp³-hybridized carbons (Fsp3) is 0.233. The summed E-state index contributed by atoms with van der Waals surface area (Å²) in [4.78, 5) is 7.78. The Morgan fingerprint density at radius 1 is 1.00 bits per heavy atom. The lowest BCUT2D eigenvalue weighted by Crippen LogP contribution is -2.55. The fourth-order valence-electron chi connectivity index (χ4n) is 5.31. The van der Waals surface area contributed by atoms with Gasteiger partial charge in [0.25, 0.3) is 6.43 Å². The highest BCUT2D eigenvalue weighted by molar-refractivity contribution is 7.81. The van der Waals surface area contributed by atoms with Gasteiger partial charge in [-0.05, 0) is 97.8 Å². The topological polar surface area (TPSA) is 98.7 Å². The van der Waals surface area contributed by atoms with E-state index in [2.05, 4.69) is 10.3 Å².